The maximum atomic E-state index is 12.0. The first-order valence-corrected chi connectivity index (χ1v) is 8.26. The van der Waals surface area contributed by atoms with E-state index >= 15 is 0 Å². The molecule has 4 nitrogen and oxygen atoms in total. The number of carbonyl (C=O) groups excluding carboxylic acids is 1. The Morgan fingerprint density at radius 3 is 2.21 bits per heavy atom. The number of hydrogen-bond acceptors (Lipinski definition) is 3. The normalized spacial score (nSPS) is 11.2. The van der Waals surface area contributed by atoms with Gasteiger partial charge in [0.1, 0.15) is 5.75 Å². The van der Waals surface area contributed by atoms with Crippen molar-refractivity contribution < 1.29 is 9.53 Å². The first kappa shape index (κ1) is 17.7. The first-order valence-electron chi connectivity index (χ1n) is 8.26. The number of rotatable bonds is 7. The Hall–Kier alpha value is -2.62. The molecule has 0 atom stereocenters. The molecule has 0 radical (unpaired) electrons. The van der Waals surface area contributed by atoms with E-state index in [0.29, 0.717) is 13.0 Å². The summed E-state index contributed by atoms with van der Waals surface area (Å²) in [6, 6.07) is 15.7. The Balaban J connectivity index is 1.91. The number of nitrogens with one attached hydrogen (secondary N) is 1. The summed E-state index contributed by atoms with van der Waals surface area (Å²) < 4.78 is 5.41. The van der Waals surface area contributed by atoms with Crippen molar-refractivity contribution >= 4 is 11.6 Å². The number of aryl methyl sites for hydroxylation is 1. The monoisotopic (exact) mass is 324 g/mol. The summed E-state index contributed by atoms with van der Waals surface area (Å²) in [5.74, 6) is 0.707. The van der Waals surface area contributed by atoms with Crippen molar-refractivity contribution in [2.75, 3.05) is 6.61 Å². The highest BCUT2D eigenvalue weighted by Crippen LogP contribution is 2.12. The van der Waals surface area contributed by atoms with Gasteiger partial charge in [0.05, 0.1) is 18.7 Å². The minimum absolute atomic E-state index is 0.121. The molecule has 1 amide bonds. The second-order valence-electron chi connectivity index (χ2n) is 5.54. The quantitative estimate of drug-likeness (QED) is 0.623. The highest BCUT2D eigenvalue weighted by molar-refractivity contribution is 5.99. The van der Waals surface area contributed by atoms with Crippen LogP contribution in [0.3, 0.4) is 0 Å². The van der Waals surface area contributed by atoms with Crippen LogP contribution in [0.1, 0.15) is 37.5 Å². The van der Waals surface area contributed by atoms with E-state index in [1.165, 1.54) is 5.56 Å². The molecule has 4 heteroatoms. The molecule has 0 aliphatic heterocycles. The van der Waals surface area contributed by atoms with Gasteiger partial charge in [-0.05, 0) is 61.2 Å². The van der Waals surface area contributed by atoms with E-state index in [9.17, 15) is 4.79 Å². The van der Waals surface area contributed by atoms with E-state index in [4.69, 9.17) is 4.74 Å². The minimum Gasteiger partial charge on any atom is -0.494 e. The smallest absolute Gasteiger partial charge is 0.244 e. The van der Waals surface area contributed by atoms with Crippen LogP contribution in [0.15, 0.2) is 53.6 Å². The number of hydrogen-bond donors (Lipinski definition) is 1. The fraction of sp³-hybridized carbons (Fsp3) is 0.300. The molecule has 24 heavy (non-hydrogen) atoms. The van der Waals surface area contributed by atoms with Gasteiger partial charge < -0.3 is 4.74 Å². The zero-order chi connectivity index (χ0) is 17.4. The minimum atomic E-state index is -0.121. The molecule has 0 fully saturated rings. The number of benzene rings is 2. The standard InChI is InChI=1S/C20H24N2O2/c1-4-16-6-8-17(9-7-16)14-20(23)22-21-15(3)18-10-12-19(13-11-18)24-5-2/h6-13H,4-5,14H2,1-3H3,(H,22,23)/b21-15-. The van der Waals surface area contributed by atoms with Crippen molar-refractivity contribution in [2.24, 2.45) is 5.10 Å². The van der Waals surface area contributed by atoms with E-state index in [1.54, 1.807) is 0 Å². The van der Waals surface area contributed by atoms with E-state index in [0.717, 1.165) is 29.0 Å². The van der Waals surface area contributed by atoms with Gasteiger partial charge >= 0.3 is 0 Å². The van der Waals surface area contributed by atoms with Gasteiger partial charge in [0.2, 0.25) is 5.91 Å². The lowest BCUT2D eigenvalue weighted by atomic mass is 10.1. The van der Waals surface area contributed by atoms with Gasteiger partial charge in [-0.2, -0.15) is 5.10 Å². The van der Waals surface area contributed by atoms with E-state index in [1.807, 2.05) is 50.2 Å². The average Bonchev–Trinajstić information content (AvgIpc) is 2.61. The maximum absolute atomic E-state index is 12.0. The molecular weight excluding hydrogens is 300 g/mol. The molecule has 0 spiro atoms. The Labute approximate surface area is 143 Å². The predicted molar refractivity (Wildman–Crippen MR) is 97.5 cm³/mol. The van der Waals surface area contributed by atoms with Gasteiger partial charge in [0.15, 0.2) is 0 Å². The van der Waals surface area contributed by atoms with Gasteiger partial charge in [-0.15, -0.1) is 0 Å². The predicted octanol–water partition coefficient (Wildman–Crippen LogP) is 3.73. The SMILES string of the molecule is CCOc1ccc(/C(C)=N\NC(=O)Cc2ccc(CC)cc2)cc1. The number of nitrogens with zero attached hydrogens (tertiary/aromatic N) is 1. The third-order valence-electron chi connectivity index (χ3n) is 3.73. The van der Waals surface area contributed by atoms with Crippen LogP contribution in [-0.4, -0.2) is 18.2 Å². The fourth-order valence-corrected chi connectivity index (χ4v) is 2.29. The zero-order valence-electron chi connectivity index (χ0n) is 14.5. The van der Waals surface area contributed by atoms with Crippen LogP contribution in [0, 0.1) is 0 Å². The fourth-order valence-electron chi connectivity index (χ4n) is 2.29. The Kier molecular flexibility index (Phi) is 6.55. The molecule has 1 N–H and O–H groups in total. The third kappa shape index (κ3) is 5.23. The van der Waals surface area contributed by atoms with Crippen molar-refractivity contribution in [1.29, 1.82) is 0 Å². The summed E-state index contributed by atoms with van der Waals surface area (Å²) in [4.78, 5) is 12.0. The molecule has 126 valence electrons. The van der Waals surface area contributed by atoms with Crippen LogP contribution >= 0.6 is 0 Å². The lowest BCUT2D eigenvalue weighted by Gasteiger charge is -2.06. The van der Waals surface area contributed by atoms with Gasteiger partial charge in [-0.1, -0.05) is 31.2 Å². The van der Waals surface area contributed by atoms with Crippen LogP contribution in [0.4, 0.5) is 0 Å². The molecular formula is C20H24N2O2. The summed E-state index contributed by atoms with van der Waals surface area (Å²) >= 11 is 0. The third-order valence-corrected chi connectivity index (χ3v) is 3.73. The molecule has 2 aromatic rings. The van der Waals surface area contributed by atoms with Crippen molar-refractivity contribution in [2.45, 2.75) is 33.6 Å². The molecule has 2 rings (SSSR count). The zero-order valence-corrected chi connectivity index (χ0v) is 14.5. The summed E-state index contributed by atoms with van der Waals surface area (Å²) in [6.07, 6.45) is 1.32. The summed E-state index contributed by atoms with van der Waals surface area (Å²) in [7, 11) is 0. The molecule has 0 aliphatic carbocycles. The van der Waals surface area contributed by atoms with Crippen LogP contribution < -0.4 is 10.2 Å². The average molecular weight is 324 g/mol. The van der Waals surface area contributed by atoms with Gasteiger partial charge in [-0.3, -0.25) is 4.79 Å². The van der Waals surface area contributed by atoms with Gasteiger partial charge in [0, 0.05) is 0 Å². The number of amides is 1. The molecule has 0 saturated carbocycles. The second kappa shape index (κ2) is 8.87. The molecule has 0 saturated heterocycles. The number of carbonyl (C=O) groups is 1. The highest BCUT2D eigenvalue weighted by atomic mass is 16.5. The Bertz CT molecular complexity index is 689. The van der Waals surface area contributed by atoms with Crippen molar-refractivity contribution in [3.05, 3.63) is 65.2 Å². The highest BCUT2D eigenvalue weighted by Gasteiger charge is 2.04. The van der Waals surface area contributed by atoms with Gasteiger partial charge in [-0.25, -0.2) is 5.43 Å². The lowest BCUT2D eigenvalue weighted by Crippen LogP contribution is -2.21. The molecule has 0 aromatic heterocycles. The maximum Gasteiger partial charge on any atom is 0.244 e. The number of ether oxygens (including phenoxy) is 1. The second-order valence-corrected chi connectivity index (χ2v) is 5.54. The Morgan fingerprint density at radius 2 is 1.62 bits per heavy atom. The van der Waals surface area contributed by atoms with Crippen LogP contribution in [0.5, 0.6) is 5.75 Å². The van der Waals surface area contributed by atoms with Crippen LogP contribution in [0.25, 0.3) is 0 Å². The van der Waals surface area contributed by atoms with E-state index in [-0.39, 0.29) is 5.91 Å². The van der Waals surface area contributed by atoms with Crippen molar-refractivity contribution in [3.63, 3.8) is 0 Å². The van der Waals surface area contributed by atoms with Crippen LogP contribution in [0.2, 0.25) is 0 Å². The molecule has 0 aliphatic rings. The van der Waals surface area contributed by atoms with E-state index < -0.39 is 0 Å². The topological polar surface area (TPSA) is 50.7 Å². The first-order chi connectivity index (χ1) is 11.6. The largest absolute Gasteiger partial charge is 0.494 e. The lowest BCUT2D eigenvalue weighted by molar-refractivity contribution is -0.120. The number of hydrazone groups is 1. The molecule has 0 unspecified atom stereocenters. The van der Waals surface area contributed by atoms with Crippen molar-refractivity contribution in [3.8, 4) is 5.75 Å². The molecule has 0 bridgehead atoms. The summed E-state index contributed by atoms with van der Waals surface area (Å²) in [5.41, 5.74) is 6.57. The summed E-state index contributed by atoms with van der Waals surface area (Å²) in [5, 5.41) is 4.18. The Morgan fingerprint density at radius 1 is 1.00 bits per heavy atom. The van der Waals surface area contributed by atoms with E-state index in [2.05, 4.69) is 29.6 Å². The summed E-state index contributed by atoms with van der Waals surface area (Å²) in [6.45, 7) is 6.57. The molecule has 0 heterocycles. The van der Waals surface area contributed by atoms with Gasteiger partial charge in [0.25, 0.3) is 0 Å². The van der Waals surface area contributed by atoms with Crippen molar-refractivity contribution in [1.82, 2.24) is 5.43 Å². The molecule has 2 aromatic carbocycles. The van der Waals surface area contributed by atoms with Crippen LogP contribution in [-0.2, 0) is 17.6 Å².